The lowest BCUT2D eigenvalue weighted by molar-refractivity contribution is 0.0953. The lowest BCUT2D eigenvalue weighted by Crippen LogP contribution is -2.24. The summed E-state index contributed by atoms with van der Waals surface area (Å²) in [6.07, 6.45) is 3.27. The molecular formula is C13H20ClN3O. The molecule has 0 bridgehead atoms. The first-order chi connectivity index (χ1) is 8.67. The molecule has 1 amide bonds. The number of hydrogen-bond donors (Lipinski definition) is 2. The van der Waals surface area contributed by atoms with E-state index in [0.717, 1.165) is 25.8 Å². The molecule has 0 saturated heterocycles. The monoisotopic (exact) mass is 269 g/mol. The maximum absolute atomic E-state index is 11.9. The van der Waals surface area contributed by atoms with Crippen molar-refractivity contribution in [3.63, 3.8) is 0 Å². The number of aromatic nitrogens is 1. The Bertz CT molecular complexity index is 396. The first-order valence-corrected chi connectivity index (χ1v) is 6.74. The fourth-order valence-electron chi connectivity index (χ4n) is 1.58. The zero-order chi connectivity index (χ0) is 13.4. The zero-order valence-electron chi connectivity index (χ0n) is 10.9. The van der Waals surface area contributed by atoms with Gasteiger partial charge in [-0.3, -0.25) is 4.79 Å². The number of carbonyl (C=O) groups excluding carboxylic acids is 1. The van der Waals surface area contributed by atoms with Gasteiger partial charge in [0.15, 0.2) is 0 Å². The molecule has 0 radical (unpaired) electrons. The highest BCUT2D eigenvalue weighted by Crippen LogP contribution is 2.14. The third kappa shape index (κ3) is 4.92. The van der Waals surface area contributed by atoms with Crippen LogP contribution in [0, 0.1) is 0 Å². The molecule has 4 nitrogen and oxygen atoms in total. The van der Waals surface area contributed by atoms with Crippen molar-refractivity contribution in [3.05, 3.63) is 22.8 Å². The van der Waals surface area contributed by atoms with Gasteiger partial charge < -0.3 is 10.6 Å². The molecule has 0 unspecified atom stereocenters. The van der Waals surface area contributed by atoms with Crippen LogP contribution in [0.1, 0.15) is 43.5 Å². The first kappa shape index (κ1) is 14.8. The molecule has 18 heavy (non-hydrogen) atoms. The van der Waals surface area contributed by atoms with E-state index < -0.39 is 0 Å². The smallest absolute Gasteiger partial charge is 0.251 e. The molecule has 100 valence electrons. The van der Waals surface area contributed by atoms with Gasteiger partial charge in [-0.05, 0) is 25.5 Å². The Morgan fingerprint density at radius 3 is 2.78 bits per heavy atom. The molecule has 0 aliphatic heterocycles. The number of pyridine rings is 1. The van der Waals surface area contributed by atoms with Crippen LogP contribution in [0.25, 0.3) is 0 Å². The molecule has 0 fully saturated rings. The Balaban J connectivity index is 2.61. The predicted molar refractivity (Wildman–Crippen MR) is 75.3 cm³/mol. The SMILES string of the molecule is CCCCCNC(=O)c1cc(Cl)nc(NCC)c1. The summed E-state index contributed by atoms with van der Waals surface area (Å²) in [6, 6.07) is 3.29. The molecule has 0 aliphatic carbocycles. The minimum atomic E-state index is -0.102. The van der Waals surface area contributed by atoms with E-state index >= 15 is 0 Å². The van der Waals surface area contributed by atoms with Crippen LogP contribution in [0.3, 0.4) is 0 Å². The maximum atomic E-state index is 11.9. The van der Waals surface area contributed by atoms with Crippen LogP contribution in [-0.4, -0.2) is 24.0 Å². The van der Waals surface area contributed by atoms with Crippen molar-refractivity contribution >= 4 is 23.3 Å². The summed E-state index contributed by atoms with van der Waals surface area (Å²) in [5.74, 6) is 0.526. The van der Waals surface area contributed by atoms with Gasteiger partial charge in [0.2, 0.25) is 0 Å². The summed E-state index contributed by atoms with van der Waals surface area (Å²) in [7, 11) is 0. The second-order valence-electron chi connectivity index (χ2n) is 4.06. The van der Waals surface area contributed by atoms with Crippen LogP contribution in [0.2, 0.25) is 5.15 Å². The summed E-state index contributed by atoms with van der Waals surface area (Å²) in [5, 5.41) is 6.25. The molecule has 1 rings (SSSR count). The summed E-state index contributed by atoms with van der Waals surface area (Å²) in [6.45, 7) is 5.54. The lowest BCUT2D eigenvalue weighted by atomic mass is 10.2. The predicted octanol–water partition coefficient (Wildman–Crippen LogP) is 3.09. The molecule has 0 atom stereocenters. The molecule has 1 heterocycles. The van der Waals surface area contributed by atoms with Gasteiger partial charge in [-0.2, -0.15) is 0 Å². The molecule has 0 spiro atoms. The van der Waals surface area contributed by atoms with E-state index in [1.54, 1.807) is 12.1 Å². The van der Waals surface area contributed by atoms with Crippen LogP contribution < -0.4 is 10.6 Å². The van der Waals surface area contributed by atoms with Gasteiger partial charge in [0.05, 0.1) is 0 Å². The number of hydrogen-bond acceptors (Lipinski definition) is 3. The lowest BCUT2D eigenvalue weighted by Gasteiger charge is -2.08. The Hall–Kier alpha value is -1.29. The second-order valence-corrected chi connectivity index (χ2v) is 4.44. The number of unbranched alkanes of at least 4 members (excludes halogenated alkanes) is 2. The highest BCUT2D eigenvalue weighted by Gasteiger charge is 2.08. The quantitative estimate of drug-likeness (QED) is 0.591. The topological polar surface area (TPSA) is 54.0 Å². The molecular weight excluding hydrogens is 250 g/mol. The fraction of sp³-hybridized carbons (Fsp3) is 0.538. The van der Waals surface area contributed by atoms with E-state index in [-0.39, 0.29) is 5.91 Å². The summed E-state index contributed by atoms with van der Waals surface area (Å²) < 4.78 is 0. The van der Waals surface area contributed by atoms with E-state index in [4.69, 9.17) is 11.6 Å². The number of rotatable bonds is 7. The third-order valence-electron chi connectivity index (χ3n) is 2.48. The molecule has 5 heteroatoms. The van der Waals surface area contributed by atoms with Gasteiger partial charge in [0.25, 0.3) is 5.91 Å². The van der Waals surface area contributed by atoms with Crippen molar-refractivity contribution in [2.45, 2.75) is 33.1 Å². The molecule has 0 aliphatic rings. The first-order valence-electron chi connectivity index (χ1n) is 6.37. The molecule has 1 aromatic rings. The van der Waals surface area contributed by atoms with E-state index in [1.807, 2.05) is 6.92 Å². The Morgan fingerprint density at radius 2 is 2.11 bits per heavy atom. The Morgan fingerprint density at radius 1 is 1.33 bits per heavy atom. The van der Waals surface area contributed by atoms with Crippen molar-refractivity contribution in [1.29, 1.82) is 0 Å². The van der Waals surface area contributed by atoms with Gasteiger partial charge in [-0.15, -0.1) is 0 Å². The van der Waals surface area contributed by atoms with Crippen molar-refractivity contribution in [1.82, 2.24) is 10.3 Å². The second kappa shape index (κ2) is 7.93. The average molecular weight is 270 g/mol. The minimum Gasteiger partial charge on any atom is -0.370 e. The standard InChI is InChI=1S/C13H20ClN3O/c1-3-5-6-7-16-13(18)10-8-11(14)17-12(9-10)15-4-2/h8-9H,3-7H2,1-2H3,(H,15,17)(H,16,18). The molecule has 0 saturated carbocycles. The van der Waals surface area contributed by atoms with E-state index in [1.165, 1.54) is 0 Å². The number of anilines is 1. The number of halogens is 1. The molecule has 1 aromatic heterocycles. The number of carbonyl (C=O) groups is 1. The number of nitrogens with one attached hydrogen (secondary N) is 2. The summed E-state index contributed by atoms with van der Waals surface area (Å²) in [5.41, 5.74) is 0.544. The largest absolute Gasteiger partial charge is 0.370 e. The van der Waals surface area contributed by atoms with Crippen molar-refractivity contribution in [3.8, 4) is 0 Å². The summed E-state index contributed by atoms with van der Waals surface area (Å²) in [4.78, 5) is 16.0. The van der Waals surface area contributed by atoms with E-state index in [0.29, 0.717) is 23.1 Å². The number of nitrogens with zero attached hydrogens (tertiary/aromatic N) is 1. The Labute approximate surface area is 113 Å². The molecule has 2 N–H and O–H groups in total. The maximum Gasteiger partial charge on any atom is 0.251 e. The normalized spacial score (nSPS) is 10.2. The van der Waals surface area contributed by atoms with E-state index in [9.17, 15) is 4.79 Å². The van der Waals surface area contributed by atoms with Crippen LogP contribution in [0.5, 0.6) is 0 Å². The zero-order valence-corrected chi connectivity index (χ0v) is 11.7. The van der Waals surface area contributed by atoms with Crippen molar-refractivity contribution in [2.24, 2.45) is 0 Å². The van der Waals surface area contributed by atoms with Crippen LogP contribution in [0.4, 0.5) is 5.82 Å². The fourth-order valence-corrected chi connectivity index (χ4v) is 1.79. The van der Waals surface area contributed by atoms with Gasteiger partial charge in [-0.1, -0.05) is 31.4 Å². The van der Waals surface area contributed by atoms with Gasteiger partial charge in [-0.25, -0.2) is 4.98 Å². The minimum absolute atomic E-state index is 0.102. The highest BCUT2D eigenvalue weighted by atomic mass is 35.5. The highest BCUT2D eigenvalue weighted by molar-refractivity contribution is 6.29. The van der Waals surface area contributed by atoms with Crippen LogP contribution in [0.15, 0.2) is 12.1 Å². The summed E-state index contributed by atoms with van der Waals surface area (Å²) >= 11 is 5.88. The van der Waals surface area contributed by atoms with Crippen molar-refractivity contribution in [2.75, 3.05) is 18.4 Å². The van der Waals surface area contributed by atoms with Crippen molar-refractivity contribution < 1.29 is 4.79 Å². The van der Waals surface area contributed by atoms with Crippen LogP contribution in [-0.2, 0) is 0 Å². The average Bonchev–Trinajstić information content (AvgIpc) is 2.34. The molecule has 0 aromatic carbocycles. The van der Waals surface area contributed by atoms with Gasteiger partial charge >= 0.3 is 0 Å². The van der Waals surface area contributed by atoms with E-state index in [2.05, 4.69) is 22.5 Å². The number of amides is 1. The van der Waals surface area contributed by atoms with Gasteiger partial charge in [0.1, 0.15) is 11.0 Å². The Kier molecular flexibility index (Phi) is 6.50. The van der Waals surface area contributed by atoms with Crippen LogP contribution >= 0.6 is 11.6 Å². The van der Waals surface area contributed by atoms with Gasteiger partial charge in [0, 0.05) is 18.7 Å². The third-order valence-corrected chi connectivity index (χ3v) is 2.67.